The molecule has 0 bridgehead atoms. The van der Waals surface area contributed by atoms with E-state index in [-0.39, 0.29) is 22.6 Å². The van der Waals surface area contributed by atoms with Crippen LogP contribution in [0.15, 0.2) is 66.7 Å². The Kier molecular flexibility index (Phi) is 14.8. The number of ether oxygens (including phenoxy) is 3. The lowest BCUT2D eigenvalue weighted by Crippen LogP contribution is -2.45. The van der Waals surface area contributed by atoms with Gasteiger partial charge in [-0.15, -0.1) is 0 Å². The fourth-order valence-corrected chi connectivity index (χ4v) is 6.98. The number of carboxylic acids is 2. The van der Waals surface area contributed by atoms with Crippen LogP contribution in [0.3, 0.4) is 0 Å². The monoisotopic (exact) mass is 744 g/mol. The largest absolute Gasteiger partial charge is 0.478 e. The van der Waals surface area contributed by atoms with Crippen LogP contribution >= 0.6 is 0 Å². The summed E-state index contributed by atoms with van der Waals surface area (Å²) in [4.78, 5) is 62.0. The van der Waals surface area contributed by atoms with Gasteiger partial charge >= 0.3 is 30.0 Å². The number of benzene rings is 3. The minimum atomic E-state index is -2.22. The second kappa shape index (κ2) is 19.2. The van der Waals surface area contributed by atoms with Gasteiger partial charge in [0.05, 0.1) is 11.1 Å². The van der Waals surface area contributed by atoms with E-state index in [0.717, 1.165) is 30.5 Å². The van der Waals surface area contributed by atoms with Gasteiger partial charge in [0.1, 0.15) is 5.75 Å². The zero-order valence-corrected chi connectivity index (χ0v) is 31.8. The molecule has 12 nitrogen and oxygen atoms in total. The third-order valence-electron chi connectivity index (χ3n) is 10.2. The fraction of sp³-hybridized carbons (Fsp3) is 0.452. The number of carbonyl (C=O) groups is 5. The number of carboxylic acid groups (broad SMARTS) is 2. The van der Waals surface area contributed by atoms with Crippen molar-refractivity contribution < 1.29 is 48.4 Å². The normalized spacial score (nSPS) is 18.2. The van der Waals surface area contributed by atoms with E-state index in [1.165, 1.54) is 74.0 Å². The number of nitrogens with zero attached hydrogens (tertiary/aromatic N) is 1. The summed E-state index contributed by atoms with van der Waals surface area (Å²) in [5, 5.41) is 21.5. The highest BCUT2D eigenvalue weighted by Crippen LogP contribution is 2.48. The van der Waals surface area contributed by atoms with E-state index in [2.05, 4.69) is 43.1 Å². The van der Waals surface area contributed by atoms with Crippen LogP contribution in [-0.2, 0) is 30.9 Å². The first-order valence-electron chi connectivity index (χ1n) is 18.6. The maximum atomic E-state index is 12.2. The van der Waals surface area contributed by atoms with E-state index in [1.807, 2.05) is 6.07 Å². The summed E-state index contributed by atoms with van der Waals surface area (Å²) in [5.41, 5.74) is 4.78. The van der Waals surface area contributed by atoms with Gasteiger partial charge in [-0.25, -0.2) is 24.0 Å². The van der Waals surface area contributed by atoms with Crippen LogP contribution in [0.25, 0.3) is 0 Å². The number of aryl methyl sites for hydroxylation is 2. The lowest BCUT2D eigenvalue weighted by atomic mass is 9.80. The summed E-state index contributed by atoms with van der Waals surface area (Å²) in [6.45, 7) is 13.4. The van der Waals surface area contributed by atoms with Crippen molar-refractivity contribution in [3.63, 3.8) is 0 Å². The molecule has 0 spiro atoms. The number of amides is 1. The van der Waals surface area contributed by atoms with E-state index in [0.29, 0.717) is 18.3 Å². The molecule has 54 heavy (non-hydrogen) atoms. The predicted octanol–water partition coefficient (Wildman–Crippen LogP) is 6.88. The number of likely N-dealkylation sites (tertiary alicyclic amines) is 1. The highest BCUT2D eigenvalue weighted by molar-refractivity contribution is 5.95. The number of aliphatic carboxylic acids is 2. The first kappa shape index (κ1) is 41.5. The molecule has 0 aromatic heterocycles. The van der Waals surface area contributed by atoms with Gasteiger partial charge in [-0.3, -0.25) is 4.90 Å². The van der Waals surface area contributed by atoms with Gasteiger partial charge in [-0.05, 0) is 93.7 Å². The summed E-state index contributed by atoms with van der Waals surface area (Å²) >= 11 is 0. The summed E-state index contributed by atoms with van der Waals surface area (Å²) < 4.78 is 15.2. The zero-order valence-electron chi connectivity index (χ0n) is 31.8. The van der Waals surface area contributed by atoms with Crippen LogP contribution in [-0.4, -0.2) is 83.0 Å². The molecule has 3 aromatic rings. The van der Waals surface area contributed by atoms with Gasteiger partial charge in [-0.1, -0.05) is 87.9 Å². The van der Waals surface area contributed by atoms with E-state index in [4.69, 9.17) is 14.2 Å². The van der Waals surface area contributed by atoms with Crippen molar-refractivity contribution in [2.24, 2.45) is 0 Å². The quantitative estimate of drug-likeness (QED) is 0.110. The highest BCUT2D eigenvalue weighted by Gasteiger charge is 2.49. The molecule has 2 aliphatic rings. The van der Waals surface area contributed by atoms with Crippen LogP contribution in [0, 0.1) is 13.8 Å². The number of nitrogens with one attached hydrogen (secondary N) is 1. The average Bonchev–Trinajstić information content (AvgIpc) is 3.62. The molecule has 1 fully saturated rings. The molecule has 1 heterocycles. The SMILES string of the molecule is CCCCCCCNC(=O)Oc1ccc2c(c1)[C@@]1(C)CCN(CC)[C@H]1C2.Cc1ccc(C(=O)O[C@@H](C(=O)O)[C@@H](OC(=O)c2ccc(C)cc2)C(=O)O)cc1. The Balaban J connectivity index is 0.000000241. The molecule has 0 radical (unpaired) electrons. The number of esters is 2. The molecule has 290 valence electrons. The Labute approximate surface area is 316 Å². The molecular weight excluding hydrogens is 692 g/mol. The van der Waals surface area contributed by atoms with Gasteiger partial charge in [-0.2, -0.15) is 0 Å². The van der Waals surface area contributed by atoms with Crippen molar-refractivity contribution in [3.8, 4) is 5.75 Å². The van der Waals surface area contributed by atoms with Gasteiger partial charge in [0.15, 0.2) is 0 Å². The smallest absolute Gasteiger partial charge is 0.412 e. The van der Waals surface area contributed by atoms with Crippen LogP contribution in [0.4, 0.5) is 4.79 Å². The molecule has 4 atom stereocenters. The molecule has 1 aliphatic heterocycles. The van der Waals surface area contributed by atoms with Gasteiger partial charge in [0.25, 0.3) is 0 Å². The Morgan fingerprint density at radius 3 is 1.83 bits per heavy atom. The minimum Gasteiger partial charge on any atom is -0.478 e. The van der Waals surface area contributed by atoms with Crippen LogP contribution in [0.1, 0.15) is 102 Å². The number of hydrogen-bond acceptors (Lipinski definition) is 9. The zero-order chi connectivity index (χ0) is 39.4. The van der Waals surface area contributed by atoms with Gasteiger partial charge < -0.3 is 29.7 Å². The molecule has 1 aliphatic carbocycles. The Hall–Kier alpha value is -5.23. The van der Waals surface area contributed by atoms with Crippen molar-refractivity contribution in [3.05, 3.63) is 100 Å². The molecule has 1 amide bonds. The standard InChI is InChI=1S/C22H34N2O2.C20H18O8/c1-4-6-7-8-9-13-23-21(25)26-18-11-10-17-15-20-22(3,19(17)16-18)12-14-24(20)5-2;1-11-3-7-13(8-4-11)19(25)27-15(17(21)22)16(18(23)24)28-20(26)14-9-5-12(2)6-10-14/h10-11,16,20H,4-9,12-15H2,1-3H3,(H,23,25);3-10,15-16H,1-2H3,(H,21,22)(H,23,24)/t20-,22+;15-,16-/m01/s1. The topological polar surface area (TPSA) is 169 Å². The van der Waals surface area contributed by atoms with Gasteiger partial charge in [0, 0.05) is 18.0 Å². The van der Waals surface area contributed by atoms with Crippen molar-refractivity contribution in [2.45, 2.75) is 103 Å². The average molecular weight is 745 g/mol. The van der Waals surface area contributed by atoms with Crippen molar-refractivity contribution in [2.75, 3.05) is 19.6 Å². The Morgan fingerprint density at radius 2 is 1.33 bits per heavy atom. The van der Waals surface area contributed by atoms with Crippen LogP contribution < -0.4 is 10.1 Å². The summed E-state index contributed by atoms with van der Waals surface area (Å²) in [7, 11) is 0. The molecule has 5 rings (SSSR count). The van der Waals surface area contributed by atoms with Crippen molar-refractivity contribution in [1.82, 2.24) is 10.2 Å². The Morgan fingerprint density at radius 1 is 0.796 bits per heavy atom. The lowest BCUT2D eigenvalue weighted by molar-refractivity contribution is -0.166. The van der Waals surface area contributed by atoms with Crippen molar-refractivity contribution in [1.29, 1.82) is 0 Å². The molecule has 1 saturated heterocycles. The van der Waals surface area contributed by atoms with E-state index in [9.17, 15) is 34.2 Å². The van der Waals surface area contributed by atoms with E-state index >= 15 is 0 Å². The number of hydrogen-bond donors (Lipinski definition) is 3. The van der Waals surface area contributed by atoms with Crippen LogP contribution in [0.5, 0.6) is 5.75 Å². The molecule has 0 saturated carbocycles. The maximum absolute atomic E-state index is 12.2. The van der Waals surface area contributed by atoms with E-state index < -0.39 is 36.1 Å². The first-order valence-corrected chi connectivity index (χ1v) is 18.6. The van der Waals surface area contributed by atoms with Gasteiger partial charge in [0.2, 0.25) is 12.2 Å². The highest BCUT2D eigenvalue weighted by atomic mass is 16.6. The number of likely N-dealkylation sites (N-methyl/N-ethyl adjacent to an activating group) is 1. The molecular formula is C42H52N2O10. The molecule has 3 N–H and O–H groups in total. The number of carbonyl (C=O) groups excluding carboxylic acids is 3. The summed E-state index contributed by atoms with van der Waals surface area (Å²) in [6, 6.07) is 18.9. The third kappa shape index (κ3) is 10.7. The number of unbranched alkanes of at least 4 members (excludes halogenated alkanes) is 4. The molecule has 12 heteroatoms. The first-order chi connectivity index (χ1) is 25.8. The second-order valence-corrected chi connectivity index (χ2v) is 14.1. The number of fused-ring (bicyclic) bond motifs is 3. The predicted molar refractivity (Wildman–Crippen MR) is 202 cm³/mol. The third-order valence-corrected chi connectivity index (χ3v) is 10.2. The van der Waals surface area contributed by atoms with Crippen molar-refractivity contribution >= 4 is 30.0 Å². The fourth-order valence-electron chi connectivity index (χ4n) is 6.98. The van der Waals surface area contributed by atoms with E-state index in [1.54, 1.807) is 38.1 Å². The number of rotatable bonds is 15. The minimum absolute atomic E-state index is 0.0332. The summed E-state index contributed by atoms with van der Waals surface area (Å²) in [6.07, 6.45) is 3.47. The van der Waals surface area contributed by atoms with Crippen LogP contribution in [0.2, 0.25) is 0 Å². The summed E-state index contributed by atoms with van der Waals surface area (Å²) in [5.74, 6) is -4.95. The Bertz CT molecular complexity index is 1700. The lowest BCUT2D eigenvalue weighted by Gasteiger charge is -2.29. The molecule has 3 aromatic carbocycles. The second-order valence-electron chi connectivity index (χ2n) is 14.1. The maximum Gasteiger partial charge on any atom is 0.412 e. The molecule has 0 unspecified atom stereocenters.